The third-order valence-corrected chi connectivity index (χ3v) is 2.66. The van der Waals surface area contributed by atoms with Crippen LogP contribution >= 0.6 is 0 Å². The van der Waals surface area contributed by atoms with Crippen LogP contribution in [0.2, 0.25) is 0 Å². The zero-order valence-electron chi connectivity index (χ0n) is 9.31. The predicted molar refractivity (Wildman–Crippen MR) is 55.6 cm³/mol. The number of aromatic nitrogens is 1. The molecule has 0 aliphatic carbocycles. The molecule has 1 fully saturated rings. The van der Waals surface area contributed by atoms with Crippen LogP contribution in [-0.2, 0) is 10.3 Å². The van der Waals surface area contributed by atoms with Gasteiger partial charge in [-0.2, -0.15) is 0 Å². The van der Waals surface area contributed by atoms with Crippen molar-refractivity contribution in [1.82, 2.24) is 21.1 Å². The molecule has 1 saturated heterocycles. The van der Waals surface area contributed by atoms with Crippen LogP contribution in [0.15, 0.2) is 10.8 Å². The third kappa shape index (κ3) is 1.75. The minimum Gasteiger partial charge on any atom is -0.465 e. The molecule has 1 aromatic rings. The van der Waals surface area contributed by atoms with Gasteiger partial charge in [0.25, 0.3) is 5.91 Å². The van der Waals surface area contributed by atoms with Gasteiger partial charge in [0.15, 0.2) is 5.54 Å². The van der Waals surface area contributed by atoms with Gasteiger partial charge in [-0.05, 0) is 6.92 Å². The number of nitrogens with one attached hydrogen (secondary N) is 3. The van der Waals surface area contributed by atoms with E-state index in [4.69, 9.17) is 9.63 Å². The summed E-state index contributed by atoms with van der Waals surface area (Å²) in [5, 5.41) is 18.7. The Kier molecular flexibility index (Phi) is 2.66. The van der Waals surface area contributed by atoms with Crippen molar-refractivity contribution in [3.63, 3.8) is 0 Å². The van der Waals surface area contributed by atoms with Crippen molar-refractivity contribution in [2.45, 2.75) is 12.5 Å². The lowest BCUT2D eigenvalue weighted by atomic mass is 9.90. The number of imide groups is 1. The summed E-state index contributed by atoms with van der Waals surface area (Å²) in [6, 6.07) is -0.701. The molecule has 1 aliphatic rings. The van der Waals surface area contributed by atoms with Crippen molar-refractivity contribution in [3.8, 4) is 0 Å². The Hall–Kier alpha value is -2.58. The third-order valence-electron chi connectivity index (χ3n) is 2.66. The molecule has 4 amide bonds. The van der Waals surface area contributed by atoms with Crippen LogP contribution in [0.3, 0.4) is 0 Å². The van der Waals surface area contributed by atoms with E-state index in [1.807, 2.05) is 0 Å². The molecule has 96 valence electrons. The molecular formula is C9H10N4O5. The Labute approximate surface area is 101 Å². The molecule has 0 aromatic carbocycles. The minimum atomic E-state index is -1.53. The van der Waals surface area contributed by atoms with E-state index in [1.54, 1.807) is 6.92 Å². The molecule has 0 spiro atoms. The maximum Gasteiger partial charge on any atom is 0.404 e. The molecule has 0 radical (unpaired) electrons. The highest BCUT2D eigenvalue weighted by atomic mass is 16.5. The fraction of sp³-hybridized carbons (Fsp3) is 0.333. The molecule has 18 heavy (non-hydrogen) atoms. The number of carboxylic acid groups (broad SMARTS) is 1. The van der Waals surface area contributed by atoms with E-state index >= 15 is 0 Å². The molecule has 2 rings (SSSR count). The first-order chi connectivity index (χ1) is 8.45. The molecule has 1 atom stereocenters. The minimum absolute atomic E-state index is 0.305. The van der Waals surface area contributed by atoms with Crippen LogP contribution in [0.4, 0.5) is 9.59 Å². The van der Waals surface area contributed by atoms with Crippen molar-refractivity contribution in [2.75, 3.05) is 6.54 Å². The van der Waals surface area contributed by atoms with Crippen LogP contribution in [0.25, 0.3) is 0 Å². The van der Waals surface area contributed by atoms with Crippen molar-refractivity contribution in [1.29, 1.82) is 0 Å². The monoisotopic (exact) mass is 254 g/mol. The number of amides is 4. The Balaban J connectivity index is 2.40. The molecule has 0 saturated carbocycles. The summed E-state index contributed by atoms with van der Waals surface area (Å²) in [6.45, 7) is 1.26. The van der Waals surface area contributed by atoms with E-state index in [0.717, 1.165) is 0 Å². The van der Waals surface area contributed by atoms with Crippen molar-refractivity contribution >= 4 is 18.0 Å². The summed E-state index contributed by atoms with van der Waals surface area (Å²) >= 11 is 0. The second-order valence-electron chi connectivity index (χ2n) is 3.79. The van der Waals surface area contributed by atoms with Gasteiger partial charge in [-0.3, -0.25) is 10.1 Å². The van der Waals surface area contributed by atoms with E-state index in [0.29, 0.717) is 11.3 Å². The number of urea groups is 1. The topological polar surface area (TPSA) is 134 Å². The summed E-state index contributed by atoms with van der Waals surface area (Å²) < 4.78 is 4.72. The maximum absolute atomic E-state index is 11.9. The molecule has 4 N–H and O–H groups in total. The van der Waals surface area contributed by atoms with Crippen LogP contribution in [0.1, 0.15) is 11.3 Å². The Bertz CT molecular complexity index is 525. The Morgan fingerprint density at radius 2 is 2.33 bits per heavy atom. The van der Waals surface area contributed by atoms with E-state index in [-0.39, 0.29) is 6.54 Å². The van der Waals surface area contributed by atoms with E-state index in [9.17, 15) is 14.4 Å². The second-order valence-corrected chi connectivity index (χ2v) is 3.79. The lowest BCUT2D eigenvalue weighted by molar-refractivity contribution is -0.124. The molecule has 0 bridgehead atoms. The lowest BCUT2D eigenvalue weighted by Gasteiger charge is -2.24. The number of hydrogen-bond donors (Lipinski definition) is 4. The predicted octanol–water partition coefficient (Wildman–Crippen LogP) is -0.715. The van der Waals surface area contributed by atoms with Crippen LogP contribution in [0.5, 0.6) is 0 Å². The Morgan fingerprint density at radius 3 is 2.78 bits per heavy atom. The quantitative estimate of drug-likeness (QED) is 0.526. The number of carbonyl (C=O) groups is 3. The van der Waals surface area contributed by atoms with Gasteiger partial charge in [-0.15, -0.1) is 0 Å². The molecule has 1 aliphatic heterocycles. The van der Waals surface area contributed by atoms with Crippen molar-refractivity contribution in [3.05, 3.63) is 17.5 Å². The van der Waals surface area contributed by atoms with Gasteiger partial charge >= 0.3 is 12.1 Å². The summed E-state index contributed by atoms with van der Waals surface area (Å²) in [6.07, 6.45) is -0.109. The van der Waals surface area contributed by atoms with Gasteiger partial charge < -0.3 is 20.3 Å². The molecule has 1 unspecified atom stereocenters. The van der Waals surface area contributed by atoms with Crippen molar-refractivity contribution in [2.24, 2.45) is 0 Å². The molecule has 2 heterocycles. The molecule has 9 nitrogen and oxygen atoms in total. The first kappa shape index (κ1) is 11.9. The summed E-state index contributed by atoms with van der Waals surface area (Å²) in [7, 11) is 0. The van der Waals surface area contributed by atoms with Crippen molar-refractivity contribution < 1.29 is 24.0 Å². The lowest BCUT2D eigenvalue weighted by Crippen LogP contribution is -2.52. The molecule has 1 aromatic heterocycles. The Morgan fingerprint density at radius 1 is 1.61 bits per heavy atom. The maximum atomic E-state index is 11.9. The second kappa shape index (κ2) is 4.02. The average Bonchev–Trinajstić information content (AvgIpc) is 2.81. The van der Waals surface area contributed by atoms with Gasteiger partial charge in [-0.1, -0.05) is 5.16 Å². The standard InChI is InChI=1S/C9H10N4O5/c1-4-5(2-18-13-4)9(3-10-8(16)17)6(14)11-7(15)12-9/h2,10H,3H2,1H3,(H,16,17)(H2,11,12,14,15). The van der Waals surface area contributed by atoms with Gasteiger partial charge in [0.2, 0.25) is 0 Å². The van der Waals surface area contributed by atoms with E-state index < -0.39 is 23.6 Å². The van der Waals surface area contributed by atoms with E-state index in [1.165, 1.54) is 6.26 Å². The van der Waals surface area contributed by atoms with Gasteiger partial charge in [0, 0.05) is 0 Å². The fourth-order valence-electron chi connectivity index (χ4n) is 1.81. The summed E-state index contributed by atoms with van der Waals surface area (Å²) in [5.74, 6) is -0.660. The number of nitrogens with zero attached hydrogens (tertiary/aromatic N) is 1. The van der Waals surface area contributed by atoms with Gasteiger partial charge in [0.05, 0.1) is 17.8 Å². The van der Waals surface area contributed by atoms with Gasteiger partial charge in [0.1, 0.15) is 6.26 Å². The first-order valence-corrected chi connectivity index (χ1v) is 4.97. The highest BCUT2D eigenvalue weighted by Gasteiger charge is 2.50. The fourth-order valence-corrected chi connectivity index (χ4v) is 1.81. The highest BCUT2D eigenvalue weighted by Crippen LogP contribution is 2.26. The summed E-state index contributed by atoms with van der Waals surface area (Å²) in [5.41, 5.74) is -0.835. The summed E-state index contributed by atoms with van der Waals surface area (Å²) in [4.78, 5) is 33.7. The number of carbonyl (C=O) groups excluding carboxylic acids is 2. The number of hydrogen-bond acceptors (Lipinski definition) is 5. The zero-order chi connectivity index (χ0) is 13.3. The number of aryl methyl sites for hydroxylation is 1. The average molecular weight is 254 g/mol. The zero-order valence-corrected chi connectivity index (χ0v) is 9.31. The smallest absolute Gasteiger partial charge is 0.404 e. The normalized spacial score (nSPS) is 22.5. The van der Waals surface area contributed by atoms with Crippen LogP contribution < -0.4 is 16.0 Å². The van der Waals surface area contributed by atoms with Gasteiger partial charge in [-0.25, -0.2) is 9.59 Å². The highest BCUT2D eigenvalue weighted by molar-refractivity contribution is 6.07. The molecule has 9 heteroatoms. The SMILES string of the molecule is Cc1nocc1C1(CNC(=O)O)NC(=O)NC1=O. The molecular weight excluding hydrogens is 244 g/mol. The van der Waals surface area contributed by atoms with E-state index in [2.05, 4.69) is 21.1 Å². The largest absolute Gasteiger partial charge is 0.465 e. The van der Waals surface area contributed by atoms with Crippen LogP contribution in [-0.4, -0.2) is 34.8 Å². The first-order valence-electron chi connectivity index (χ1n) is 4.97. The number of rotatable bonds is 3. The van der Waals surface area contributed by atoms with Crippen LogP contribution in [0, 0.1) is 6.92 Å².